The van der Waals surface area contributed by atoms with Crippen molar-refractivity contribution in [2.45, 2.75) is 228 Å². The maximum Gasteiger partial charge on any atom is 0.404 e. The Bertz CT molecular complexity index is 1840. The van der Waals surface area contributed by atoms with Crippen LogP contribution in [0.15, 0.2) is 54.1 Å². The maximum atomic E-state index is 13.4. The normalized spacial score (nSPS) is 19.3. The predicted octanol–water partition coefficient (Wildman–Crippen LogP) is 13.3. The van der Waals surface area contributed by atoms with Crippen LogP contribution in [0.5, 0.6) is 0 Å². The minimum absolute atomic E-state index is 0.00357. The Morgan fingerprint density at radius 1 is 0.681 bits per heavy atom. The van der Waals surface area contributed by atoms with Gasteiger partial charge in [0, 0.05) is 31.2 Å². The molecule has 0 aliphatic carbocycles. The van der Waals surface area contributed by atoms with E-state index in [4.69, 9.17) is 33.3 Å². The van der Waals surface area contributed by atoms with Gasteiger partial charge in [-0.15, -0.1) is 0 Å². The zero-order valence-corrected chi connectivity index (χ0v) is 53.1. The van der Waals surface area contributed by atoms with Gasteiger partial charge in [0.2, 0.25) is 0 Å². The van der Waals surface area contributed by atoms with Crippen molar-refractivity contribution in [1.82, 2.24) is 5.06 Å². The number of aliphatic hydroxyl groups is 2. The number of rotatable bonds is 29. The van der Waals surface area contributed by atoms with Crippen LogP contribution in [-0.2, 0) is 39.0 Å². The Labute approximate surface area is 443 Å². The standard InChI is InChI=1S/C57H108N2O10Si3/c1-38(34-41(4)51(68-71(22,23)56(12,13)14)44(7)50(66-54(58)63)42(5)36-65-37-46-29-27-26-28-30-46)33-40(3)49(67-70(20,21)55(9,10)11)39(2)31-32-47(60)35-48(61)43(6)52(45(8)53(62)59(18)64-19)69-72(24,25)57(15,16)17/h26-33,39-45,47-52,60-61H,34-37H2,1-25H3,(H2,58,63)/b32-31?,38-33-/t39-,40-,41-,42-,43?,44+,45?,47?,48?,49-,50-,51+,52?/m0/s1. The first kappa shape index (κ1) is 67.8. The minimum Gasteiger partial charge on any atom is -0.446 e. The van der Waals surface area contributed by atoms with Crippen LogP contribution >= 0.6 is 0 Å². The van der Waals surface area contributed by atoms with E-state index in [2.05, 4.69) is 142 Å². The number of allylic oxidation sites excluding steroid dienone is 1. The fourth-order valence-corrected chi connectivity index (χ4v) is 13.1. The second-order valence-corrected chi connectivity index (χ2v) is 40.4. The molecule has 0 fully saturated rings. The molecule has 0 heterocycles. The highest BCUT2D eigenvalue weighted by molar-refractivity contribution is 6.75. The van der Waals surface area contributed by atoms with Crippen molar-refractivity contribution >= 4 is 37.0 Å². The van der Waals surface area contributed by atoms with Crippen molar-refractivity contribution in [3.05, 3.63) is 59.7 Å². The Hall–Kier alpha value is -2.19. The Balaban J connectivity index is 3.59. The molecule has 418 valence electrons. The summed E-state index contributed by atoms with van der Waals surface area (Å²) in [5, 5.41) is 24.2. The molecular formula is C57H108N2O10Si3. The van der Waals surface area contributed by atoms with E-state index in [0.29, 0.717) is 13.2 Å². The Morgan fingerprint density at radius 2 is 1.15 bits per heavy atom. The number of benzene rings is 1. The number of nitrogens with two attached hydrogens (primary N) is 1. The van der Waals surface area contributed by atoms with Gasteiger partial charge in [-0.1, -0.05) is 165 Å². The summed E-state index contributed by atoms with van der Waals surface area (Å²) in [4.78, 5) is 31.2. The number of ether oxygens (including phenoxy) is 2. The summed E-state index contributed by atoms with van der Waals surface area (Å²) in [5.41, 5.74) is 8.04. The van der Waals surface area contributed by atoms with Gasteiger partial charge >= 0.3 is 6.09 Å². The van der Waals surface area contributed by atoms with Crippen LogP contribution in [0.25, 0.3) is 0 Å². The highest BCUT2D eigenvalue weighted by Gasteiger charge is 2.47. The summed E-state index contributed by atoms with van der Waals surface area (Å²) in [6.07, 6.45) is 2.64. The van der Waals surface area contributed by atoms with E-state index in [1.165, 1.54) is 17.7 Å². The third-order valence-electron chi connectivity index (χ3n) is 16.6. The van der Waals surface area contributed by atoms with Crippen molar-refractivity contribution in [3.63, 3.8) is 0 Å². The fraction of sp³-hybridized carbons (Fsp3) is 0.789. The predicted molar refractivity (Wildman–Crippen MR) is 305 cm³/mol. The van der Waals surface area contributed by atoms with Crippen LogP contribution in [0.2, 0.25) is 54.4 Å². The molecule has 13 atom stereocenters. The average Bonchev–Trinajstić information content (AvgIpc) is 3.25. The van der Waals surface area contributed by atoms with Crippen molar-refractivity contribution < 1.29 is 47.4 Å². The number of hydrogen-bond donors (Lipinski definition) is 3. The number of primary amides is 1. The molecule has 0 saturated carbocycles. The molecule has 15 heteroatoms. The first-order chi connectivity index (χ1) is 32.6. The number of aliphatic hydroxyl groups excluding tert-OH is 2. The van der Waals surface area contributed by atoms with E-state index in [9.17, 15) is 19.8 Å². The number of amides is 2. The fourth-order valence-electron chi connectivity index (χ4n) is 8.67. The number of carbonyl (C=O) groups is 2. The zero-order chi connectivity index (χ0) is 56.1. The molecule has 1 aromatic carbocycles. The van der Waals surface area contributed by atoms with Crippen LogP contribution in [0.1, 0.15) is 136 Å². The Kier molecular flexibility index (Phi) is 26.6. The summed E-state index contributed by atoms with van der Waals surface area (Å²) < 4.78 is 33.6. The monoisotopic (exact) mass is 1060 g/mol. The van der Waals surface area contributed by atoms with E-state index in [-0.39, 0.29) is 69.2 Å². The lowest BCUT2D eigenvalue weighted by Crippen LogP contribution is -2.52. The summed E-state index contributed by atoms with van der Waals surface area (Å²) in [7, 11) is -3.96. The van der Waals surface area contributed by atoms with Crippen LogP contribution in [0, 0.1) is 41.4 Å². The van der Waals surface area contributed by atoms with Gasteiger partial charge in [0.25, 0.3) is 5.91 Å². The molecule has 5 unspecified atom stereocenters. The van der Waals surface area contributed by atoms with Gasteiger partial charge < -0.3 is 38.7 Å². The highest BCUT2D eigenvalue weighted by Crippen LogP contribution is 2.43. The van der Waals surface area contributed by atoms with E-state index < -0.39 is 67.3 Å². The van der Waals surface area contributed by atoms with Gasteiger partial charge in [-0.2, -0.15) is 0 Å². The molecule has 1 rings (SSSR count). The van der Waals surface area contributed by atoms with Gasteiger partial charge in [-0.25, -0.2) is 9.86 Å². The molecule has 0 spiro atoms. The zero-order valence-electron chi connectivity index (χ0n) is 50.1. The molecule has 4 N–H and O–H groups in total. The lowest BCUT2D eigenvalue weighted by Gasteiger charge is -2.45. The van der Waals surface area contributed by atoms with Crippen molar-refractivity contribution in [2.24, 2.45) is 47.2 Å². The SMILES string of the molecule is CON(C)C(=O)C(C)C(O[Si](C)(C)C(C)(C)C)C(C)C(O)CC(O)C=C[C@H](C)[C@H](O[Si](C)(C)C(C)(C)C)[C@@H](C)/C=C(/C)C[C@H](C)[C@@H](O[Si](C)(C)C(C)(C)C)[C@H](C)[C@@H](OC(N)=O)[C@@H](C)COCc1ccccc1. The summed E-state index contributed by atoms with van der Waals surface area (Å²) in [6.45, 7) is 50.8. The first-order valence-electron chi connectivity index (χ1n) is 26.8. The van der Waals surface area contributed by atoms with Crippen molar-refractivity contribution in [2.75, 3.05) is 20.8 Å². The van der Waals surface area contributed by atoms with Crippen molar-refractivity contribution in [3.8, 4) is 0 Å². The van der Waals surface area contributed by atoms with Gasteiger partial charge in [0.1, 0.15) is 6.10 Å². The lowest BCUT2D eigenvalue weighted by atomic mass is 9.81. The van der Waals surface area contributed by atoms with Crippen LogP contribution in [0.4, 0.5) is 4.79 Å². The lowest BCUT2D eigenvalue weighted by molar-refractivity contribution is -0.177. The van der Waals surface area contributed by atoms with E-state index in [1.807, 2.05) is 57.2 Å². The molecule has 0 aliphatic heterocycles. The highest BCUT2D eigenvalue weighted by atomic mass is 28.4. The van der Waals surface area contributed by atoms with Crippen LogP contribution in [0.3, 0.4) is 0 Å². The van der Waals surface area contributed by atoms with E-state index in [0.717, 1.165) is 12.0 Å². The van der Waals surface area contributed by atoms with E-state index >= 15 is 0 Å². The van der Waals surface area contributed by atoms with Crippen LogP contribution in [-0.4, -0.2) is 110 Å². The molecule has 0 saturated heterocycles. The molecule has 1 aromatic rings. The van der Waals surface area contributed by atoms with Gasteiger partial charge in [-0.3, -0.25) is 9.63 Å². The second-order valence-electron chi connectivity index (χ2n) is 26.1. The second kappa shape index (κ2) is 28.3. The maximum absolute atomic E-state index is 13.4. The minimum atomic E-state index is -2.38. The molecule has 0 bridgehead atoms. The molecule has 0 aliphatic rings. The number of hydrogen-bond acceptors (Lipinski definition) is 10. The topological polar surface area (TPSA) is 159 Å². The third-order valence-corrected chi connectivity index (χ3v) is 30.0. The molecule has 12 nitrogen and oxygen atoms in total. The number of hydroxylamine groups is 2. The summed E-state index contributed by atoms with van der Waals surface area (Å²) in [6, 6.07) is 10.0. The summed E-state index contributed by atoms with van der Waals surface area (Å²) >= 11 is 0. The van der Waals surface area contributed by atoms with E-state index in [1.54, 1.807) is 13.1 Å². The first-order valence-corrected chi connectivity index (χ1v) is 35.5. The molecule has 0 radical (unpaired) electrons. The smallest absolute Gasteiger partial charge is 0.404 e. The van der Waals surface area contributed by atoms with Gasteiger partial charge in [-0.05, 0) is 91.1 Å². The Morgan fingerprint density at radius 3 is 1.61 bits per heavy atom. The number of carbonyl (C=O) groups excluding carboxylic acids is 2. The van der Waals surface area contributed by atoms with Crippen molar-refractivity contribution in [1.29, 1.82) is 0 Å². The number of nitrogens with zero attached hydrogens (tertiary/aromatic N) is 1. The molecule has 72 heavy (non-hydrogen) atoms. The van der Waals surface area contributed by atoms with Gasteiger partial charge in [0.05, 0.1) is 56.8 Å². The molecule has 2 amide bonds. The largest absolute Gasteiger partial charge is 0.446 e. The molecule has 0 aromatic heterocycles. The van der Waals surface area contributed by atoms with Crippen LogP contribution < -0.4 is 5.73 Å². The molecular weight excluding hydrogens is 957 g/mol. The third kappa shape index (κ3) is 20.7. The average molecular weight is 1070 g/mol. The van der Waals surface area contributed by atoms with Gasteiger partial charge in [0.15, 0.2) is 25.0 Å². The summed E-state index contributed by atoms with van der Waals surface area (Å²) in [5.74, 6) is -1.70. The quantitative estimate of drug-likeness (QED) is 0.0400.